The highest BCUT2D eigenvalue weighted by Crippen LogP contribution is 2.39. The summed E-state index contributed by atoms with van der Waals surface area (Å²) in [6.07, 6.45) is 0.390. The van der Waals surface area contributed by atoms with Gasteiger partial charge in [-0.25, -0.2) is 4.39 Å². The lowest BCUT2D eigenvalue weighted by Crippen LogP contribution is -2.20. The highest BCUT2D eigenvalue weighted by atomic mass is 35.5. The van der Waals surface area contributed by atoms with Gasteiger partial charge in [0.25, 0.3) is 0 Å². The van der Waals surface area contributed by atoms with Crippen LogP contribution in [0.25, 0.3) is 0 Å². The maximum atomic E-state index is 13.3. The molecule has 1 heterocycles. The average molecular weight is 290 g/mol. The van der Waals surface area contributed by atoms with Gasteiger partial charge >= 0.3 is 0 Å². The van der Waals surface area contributed by atoms with Crippen molar-refractivity contribution < 1.29 is 9.18 Å². The minimum atomic E-state index is -0.441. The van der Waals surface area contributed by atoms with Crippen molar-refractivity contribution in [1.82, 2.24) is 5.32 Å². The Kier molecular flexibility index (Phi) is 3.45. The molecule has 0 bridgehead atoms. The third-order valence-corrected chi connectivity index (χ3v) is 3.94. The number of carbonyl (C=O) groups excluding carboxylic acids is 1. The van der Waals surface area contributed by atoms with E-state index in [0.29, 0.717) is 6.42 Å². The lowest BCUT2D eigenvalue weighted by molar-refractivity contribution is -0.119. The molecule has 1 fully saturated rings. The van der Waals surface area contributed by atoms with E-state index in [1.54, 1.807) is 12.1 Å². The third-order valence-electron chi connectivity index (χ3n) is 3.65. The fourth-order valence-electron chi connectivity index (χ4n) is 2.68. The van der Waals surface area contributed by atoms with E-state index in [1.807, 2.05) is 30.3 Å². The molecule has 1 N–H and O–H groups in total. The first kappa shape index (κ1) is 13.1. The molecule has 0 radical (unpaired) electrons. The molecular weight excluding hydrogens is 277 g/mol. The average Bonchev–Trinajstić information content (AvgIpc) is 2.85. The Labute approximate surface area is 121 Å². The number of hydrogen-bond acceptors (Lipinski definition) is 1. The molecule has 0 saturated carbocycles. The third kappa shape index (κ3) is 2.41. The van der Waals surface area contributed by atoms with Gasteiger partial charge in [0.05, 0.1) is 11.1 Å². The normalized spacial score (nSPS) is 21.8. The highest BCUT2D eigenvalue weighted by molar-refractivity contribution is 6.30. The molecule has 1 saturated heterocycles. The first-order valence-electron chi connectivity index (χ1n) is 6.44. The highest BCUT2D eigenvalue weighted by Gasteiger charge is 2.34. The van der Waals surface area contributed by atoms with Crippen molar-refractivity contribution in [3.63, 3.8) is 0 Å². The summed E-state index contributed by atoms with van der Waals surface area (Å²) in [5.74, 6) is -0.462. The van der Waals surface area contributed by atoms with E-state index in [1.165, 1.54) is 6.07 Å². The Morgan fingerprint density at radius 2 is 1.85 bits per heavy atom. The lowest BCUT2D eigenvalue weighted by atomic mass is 9.88. The molecule has 2 aromatic rings. The second-order valence-electron chi connectivity index (χ2n) is 4.94. The van der Waals surface area contributed by atoms with Gasteiger partial charge in [0, 0.05) is 12.3 Å². The Balaban J connectivity index is 1.98. The number of hydrogen-bond donors (Lipinski definition) is 1. The molecular formula is C16H13ClFNO. The number of rotatable bonds is 2. The molecule has 102 valence electrons. The molecule has 0 aliphatic carbocycles. The molecule has 0 aromatic heterocycles. The van der Waals surface area contributed by atoms with Crippen molar-refractivity contribution in [2.45, 2.75) is 18.4 Å². The summed E-state index contributed by atoms with van der Waals surface area (Å²) >= 11 is 5.84. The number of amides is 1. The van der Waals surface area contributed by atoms with E-state index >= 15 is 0 Å². The van der Waals surface area contributed by atoms with Crippen LogP contribution in [-0.2, 0) is 4.79 Å². The predicted molar refractivity (Wildman–Crippen MR) is 76.1 cm³/mol. The Morgan fingerprint density at radius 3 is 2.55 bits per heavy atom. The molecule has 0 spiro atoms. The summed E-state index contributed by atoms with van der Waals surface area (Å²) in [6, 6.07) is 14.3. The minimum absolute atomic E-state index is 0.00398. The topological polar surface area (TPSA) is 29.1 Å². The zero-order valence-electron chi connectivity index (χ0n) is 10.6. The molecule has 4 heteroatoms. The van der Waals surface area contributed by atoms with Crippen LogP contribution in [0.3, 0.4) is 0 Å². The van der Waals surface area contributed by atoms with Crippen molar-refractivity contribution >= 4 is 17.5 Å². The van der Waals surface area contributed by atoms with Gasteiger partial charge in [0.2, 0.25) is 5.91 Å². The molecule has 2 atom stereocenters. The molecule has 2 aromatic carbocycles. The van der Waals surface area contributed by atoms with Crippen LogP contribution < -0.4 is 5.32 Å². The van der Waals surface area contributed by atoms with E-state index in [9.17, 15) is 9.18 Å². The number of carbonyl (C=O) groups is 1. The van der Waals surface area contributed by atoms with Crippen LogP contribution in [0, 0.1) is 5.82 Å². The summed E-state index contributed by atoms with van der Waals surface area (Å²) in [5.41, 5.74) is 1.92. The Morgan fingerprint density at radius 1 is 1.10 bits per heavy atom. The maximum Gasteiger partial charge on any atom is 0.221 e. The number of benzene rings is 2. The van der Waals surface area contributed by atoms with Crippen molar-refractivity contribution in [2.75, 3.05) is 0 Å². The van der Waals surface area contributed by atoms with Gasteiger partial charge in [-0.15, -0.1) is 0 Å². The monoisotopic (exact) mass is 289 g/mol. The van der Waals surface area contributed by atoms with E-state index < -0.39 is 5.82 Å². The van der Waals surface area contributed by atoms with Crippen molar-refractivity contribution in [3.05, 3.63) is 70.5 Å². The van der Waals surface area contributed by atoms with Crippen molar-refractivity contribution in [2.24, 2.45) is 0 Å². The van der Waals surface area contributed by atoms with Crippen LogP contribution in [-0.4, -0.2) is 5.91 Å². The summed E-state index contributed by atoms with van der Waals surface area (Å²) in [6.45, 7) is 0. The number of halogens is 2. The van der Waals surface area contributed by atoms with Crippen molar-refractivity contribution in [3.8, 4) is 0 Å². The molecule has 1 amide bonds. The van der Waals surface area contributed by atoms with E-state index in [-0.39, 0.29) is 22.9 Å². The van der Waals surface area contributed by atoms with E-state index in [4.69, 9.17) is 11.6 Å². The number of nitrogens with one attached hydrogen (secondary N) is 1. The smallest absolute Gasteiger partial charge is 0.221 e. The van der Waals surface area contributed by atoms with Crippen LogP contribution in [0.1, 0.15) is 29.5 Å². The fourth-order valence-corrected chi connectivity index (χ4v) is 2.87. The lowest BCUT2D eigenvalue weighted by Gasteiger charge is -2.20. The standard InChI is InChI=1S/C16H13ClFNO/c17-13-8-11(6-7-14(13)18)12-9-15(20)19-16(12)10-4-2-1-3-5-10/h1-8,12,16H,9H2,(H,19,20). The summed E-state index contributed by atoms with van der Waals surface area (Å²) in [7, 11) is 0. The largest absolute Gasteiger partial charge is 0.349 e. The van der Waals surface area contributed by atoms with Crippen LogP contribution >= 0.6 is 11.6 Å². The van der Waals surface area contributed by atoms with Crippen LogP contribution in [0.4, 0.5) is 4.39 Å². The first-order chi connectivity index (χ1) is 9.65. The van der Waals surface area contributed by atoms with E-state index in [2.05, 4.69) is 5.32 Å². The molecule has 20 heavy (non-hydrogen) atoms. The summed E-state index contributed by atoms with van der Waals surface area (Å²) in [5, 5.41) is 3.07. The van der Waals surface area contributed by atoms with Gasteiger partial charge in [-0.05, 0) is 23.3 Å². The van der Waals surface area contributed by atoms with Crippen LogP contribution in [0.2, 0.25) is 5.02 Å². The van der Waals surface area contributed by atoms with Crippen LogP contribution in [0.15, 0.2) is 48.5 Å². The van der Waals surface area contributed by atoms with Crippen molar-refractivity contribution in [1.29, 1.82) is 0 Å². The van der Waals surface area contributed by atoms with E-state index in [0.717, 1.165) is 11.1 Å². The SMILES string of the molecule is O=C1CC(c2ccc(F)c(Cl)c2)C(c2ccccc2)N1. The maximum absolute atomic E-state index is 13.3. The van der Waals surface area contributed by atoms with Crippen LogP contribution in [0.5, 0.6) is 0 Å². The Hall–Kier alpha value is -1.87. The zero-order valence-corrected chi connectivity index (χ0v) is 11.4. The second kappa shape index (κ2) is 5.25. The van der Waals surface area contributed by atoms with Gasteiger partial charge < -0.3 is 5.32 Å². The van der Waals surface area contributed by atoms with Gasteiger partial charge in [-0.2, -0.15) is 0 Å². The van der Waals surface area contributed by atoms with Gasteiger partial charge in [0.15, 0.2) is 0 Å². The summed E-state index contributed by atoms with van der Waals surface area (Å²) < 4.78 is 13.3. The summed E-state index contributed by atoms with van der Waals surface area (Å²) in [4.78, 5) is 11.7. The molecule has 2 nitrogen and oxygen atoms in total. The van der Waals surface area contributed by atoms with Gasteiger partial charge in [0.1, 0.15) is 5.82 Å². The zero-order chi connectivity index (χ0) is 14.1. The molecule has 1 aliphatic heterocycles. The second-order valence-corrected chi connectivity index (χ2v) is 5.35. The molecule has 2 unspecified atom stereocenters. The van der Waals surface area contributed by atoms with Gasteiger partial charge in [-0.1, -0.05) is 48.0 Å². The minimum Gasteiger partial charge on any atom is -0.349 e. The molecule has 3 rings (SSSR count). The predicted octanol–water partition coefficient (Wildman–Crippen LogP) is 3.82. The van der Waals surface area contributed by atoms with Gasteiger partial charge in [-0.3, -0.25) is 4.79 Å². The fraction of sp³-hybridized carbons (Fsp3) is 0.188. The first-order valence-corrected chi connectivity index (χ1v) is 6.82. The quantitative estimate of drug-likeness (QED) is 0.894. The molecule has 1 aliphatic rings. The Bertz CT molecular complexity index is 644.